The number of carboxylic acids is 1. The SMILES string of the molecule is O=C(O)CCCCC(=O)OCC1CCC2OC2C1. The smallest absolute Gasteiger partial charge is 0.305 e. The van der Waals surface area contributed by atoms with Crippen molar-refractivity contribution in [2.75, 3.05) is 6.61 Å². The molecule has 2 fully saturated rings. The van der Waals surface area contributed by atoms with Crippen molar-refractivity contribution < 1.29 is 24.2 Å². The first-order chi connectivity index (χ1) is 8.65. The van der Waals surface area contributed by atoms with Crippen LogP contribution in [-0.2, 0) is 19.1 Å². The van der Waals surface area contributed by atoms with E-state index in [0.29, 0.717) is 44.0 Å². The second kappa shape index (κ2) is 6.18. The third-order valence-corrected chi connectivity index (χ3v) is 3.61. The molecule has 3 atom stereocenters. The number of fused-ring (bicyclic) bond motifs is 1. The Morgan fingerprint density at radius 2 is 1.94 bits per heavy atom. The first-order valence-electron chi connectivity index (χ1n) is 6.68. The van der Waals surface area contributed by atoms with Gasteiger partial charge in [0.25, 0.3) is 0 Å². The summed E-state index contributed by atoms with van der Waals surface area (Å²) in [6.45, 7) is 0.490. The first-order valence-corrected chi connectivity index (χ1v) is 6.68. The summed E-state index contributed by atoms with van der Waals surface area (Å²) in [6, 6.07) is 0. The minimum Gasteiger partial charge on any atom is -0.481 e. The standard InChI is InChI=1S/C13H20O5/c14-12(15)3-1-2-4-13(16)17-8-9-5-6-10-11(7-9)18-10/h9-11H,1-8H2,(H,14,15). The second-order valence-electron chi connectivity index (χ2n) is 5.18. The van der Waals surface area contributed by atoms with Gasteiger partial charge in [-0.1, -0.05) is 0 Å². The number of hydrogen-bond donors (Lipinski definition) is 1. The number of unbranched alkanes of at least 4 members (excludes halogenated alkanes) is 1. The van der Waals surface area contributed by atoms with Gasteiger partial charge in [-0.3, -0.25) is 9.59 Å². The lowest BCUT2D eigenvalue weighted by Gasteiger charge is -2.18. The lowest BCUT2D eigenvalue weighted by molar-refractivity contribution is -0.146. The van der Waals surface area contributed by atoms with Crippen LogP contribution in [0.3, 0.4) is 0 Å². The zero-order chi connectivity index (χ0) is 13.0. The molecule has 1 saturated carbocycles. The molecular formula is C13H20O5. The molecule has 0 radical (unpaired) electrons. The molecule has 0 bridgehead atoms. The molecule has 2 aliphatic rings. The highest BCUT2D eigenvalue weighted by molar-refractivity contribution is 5.69. The molecule has 0 spiro atoms. The van der Waals surface area contributed by atoms with Gasteiger partial charge in [-0.2, -0.15) is 0 Å². The largest absolute Gasteiger partial charge is 0.481 e. The van der Waals surface area contributed by atoms with Gasteiger partial charge < -0.3 is 14.6 Å². The summed E-state index contributed by atoms with van der Waals surface area (Å²) in [5.41, 5.74) is 0. The van der Waals surface area contributed by atoms with Crippen molar-refractivity contribution in [1.29, 1.82) is 0 Å². The fourth-order valence-corrected chi connectivity index (χ4v) is 2.47. The number of aliphatic carboxylic acids is 1. The van der Waals surface area contributed by atoms with Gasteiger partial charge in [0.05, 0.1) is 18.8 Å². The summed E-state index contributed by atoms with van der Waals surface area (Å²) < 4.78 is 10.6. The number of esters is 1. The van der Waals surface area contributed by atoms with Crippen LogP contribution in [0.4, 0.5) is 0 Å². The number of carbonyl (C=O) groups is 2. The highest BCUT2D eigenvalue weighted by Crippen LogP contribution is 2.39. The van der Waals surface area contributed by atoms with Crippen LogP contribution in [0.25, 0.3) is 0 Å². The Morgan fingerprint density at radius 1 is 1.17 bits per heavy atom. The van der Waals surface area contributed by atoms with Gasteiger partial charge in [-0.25, -0.2) is 0 Å². The Bertz CT molecular complexity index is 315. The van der Waals surface area contributed by atoms with E-state index in [2.05, 4.69) is 0 Å². The lowest BCUT2D eigenvalue weighted by atomic mass is 9.90. The quantitative estimate of drug-likeness (QED) is 0.426. The van der Waals surface area contributed by atoms with Gasteiger partial charge in [-0.05, 0) is 38.0 Å². The predicted octanol–water partition coefficient (Wildman–Crippen LogP) is 1.74. The van der Waals surface area contributed by atoms with Crippen LogP contribution in [0, 0.1) is 5.92 Å². The molecule has 0 aromatic rings. The highest BCUT2D eigenvalue weighted by atomic mass is 16.6. The average Bonchev–Trinajstić information content (AvgIpc) is 3.10. The third-order valence-electron chi connectivity index (χ3n) is 3.61. The molecule has 1 aliphatic carbocycles. The zero-order valence-electron chi connectivity index (χ0n) is 10.5. The summed E-state index contributed by atoms with van der Waals surface area (Å²) >= 11 is 0. The maximum Gasteiger partial charge on any atom is 0.305 e. The van der Waals surface area contributed by atoms with Gasteiger partial charge in [0, 0.05) is 12.8 Å². The fraction of sp³-hybridized carbons (Fsp3) is 0.846. The van der Waals surface area contributed by atoms with Crippen LogP contribution in [0.5, 0.6) is 0 Å². The molecule has 0 aromatic heterocycles. The minimum absolute atomic E-state index is 0.121. The van der Waals surface area contributed by atoms with Crippen LogP contribution in [0.15, 0.2) is 0 Å². The number of carboxylic acid groups (broad SMARTS) is 1. The number of carbonyl (C=O) groups excluding carboxylic acids is 1. The summed E-state index contributed by atoms with van der Waals surface area (Å²) in [7, 11) is 0. The maximum absolute atomic E-state index is 11.4. The van der Waals surface area contributed by atoms with Crippen LogP contribution in [-0.4, -0.2) is 35.9 Å². The molecule has 3 unspecified atom stereocenters. The van der Waals surface area contributed by atoms with Crippen molar-refractivity contribution >= 4 is 11.9 Å². The van der Waals surface area contributed by atoms with Crippen molar-refractivity contribution in [3.05, 3.63) is 0 Å². The highest BCUT2D eigenvalue weighted by Gasteiger charge is 2.43. The van der Waals surface area contributed by atoms with E-state index >= 15 is 0 Å². The molecule has 1 heterocycles. The van der Waals surface area contributed by atoms with E-state index in [-0.39, 0.29) is 12.4 Å². The summed E-state index contributed by atoms with van der Waals surface area (Å²) in [4.78, 5) is 21.7. The number of rotatable bonds is 7. The zero-order valence-corrected chi connectivity index (χ0v) is 10.5. The average molecular weight is 256 g/mol. The Balaban J connectivity index is 1.50. The number of hydrogen-bond acceptors (Lipinski definition) is 4. The van der Waals surface area contributed by atoms with Gasteiger partial charge >= 0.3 is 11.9 Å². The van der Waals surface area contributed by atoms with Gasteiger partial charge in [-0.15, -0.1) is 0 Å². The van der Waals surface area contributed by atoms with Crippen LogP contribution < -0.4 is 0 Å². The lowest BCUT2D eigenvalue weighted by Crippen LogP contribution is -2.20. The van der Waals surface area contributed by atoms with Crippen molar-refractivity contribution in [3.8, 4) is 0 Å². The topological polar surface area (TPSA) is 76.1 Å². The molecule has 102 valence electrons. The maximum atomic E-state index is 11.4. The van der Waals surface area contributed by atoms with E-state index in [1.165, 1.54) is 0 Å². The normalized spacial score (nSPS) is 29.4. The second-order valence-corrected chi connectivity index (χ2v) is 5.18. The minimum atomic E-state index is -0.815. The fourth-order valence-electron chi connectivity index (χ4n) is 2.47. The number of ether oxygens (including phenoxy) is 2. The Kier molecular flexibility index (Phi) is 4.58. The van der Waals surface area contributed by atoms with Crippen molar-refractivity contribution in [2.24, 2.45) is 5.92 Å². The molecule has 1 N–H and O–H groups in total. The van der Waals surface area contributed by atoms with Gasteiger partial charge in [0.2, 0.25) is 0 Å². The van der Waals surface area contributed by atoms with Crippen LogP contribution in [0.1, 0.15) is 44.9 Å². The molecule has 0 amide bonds. The first kappa shape index (κ1) is 13.3. The summed E-state index contributed by atoms with van der Waals surface area (Å²) in [5.74, 6) is -0.583. The predicted molar refractivity (Wildman–Crippen MR) is 63.1 cm³/mol. The molecule has 1 saturated heterocycles. The Morgan fingerprint density at radius 3 is 2.67 bits per heavy atom. The molecule has 18 heavy (non-hydrogen) atoms. The molecule has 5 heteroatoms. The van der Waals surface area contributed by atoms with Crippen molar-refractivity contribution in [1.82, 2.24) is 0 Å². The van der Waals surface area contributed by atoms with Crippen molar-refractivity contribution in [2.45, 2.75) is 57.2 Å². The van der Waals surface area contributed by atoms with Crippen LogP contribution >= 0.6 is 0 Å². The number of epoxide rings is 1. The van der Waals surface area contributed by atoms with E-state index < -0.39 is 5.97 Å². The third kappa shape index (κ3) is 4.29. The van der Waals surface area contributed by atoms with E-state index in [4.69, 9.17) is 14.6 Å². The summed E-state index contributed by atoms with van der Waals surface area (Å²) in [5, 5.41) is 8.45. The van der Waals surface area contributed by atoms with E-state index in [9.17, 15) is 9.59 Å². The molecular weight excluding hydrogens is 236 g/mol. The van der Waals surface area contributed by atoms with E-state index in [1.54, 1.807) is 0 Å². The van der Waals surface area contributed by atoms with Gasteiger partial charge in [0.15, 0.2) is 0 Å². The Labute approximate surface area is 106 Å². The molecule has 5 nitrogen and oxygen atoms in total. The van der Waals surface area contributed by atoms with E-state index in [0.717, 1.165) is 19.3 Å². The Hall–Kier alpha value is -1.10. The van der Waals surface area contributed by atoms with Crippen molar-refractivity contribution in [3.63, 3.8) is 0 Å². The monoisotopic (exact) mass is 256 g/mol. The van der Waals surface area contributed by atoms with Crippen LogP contribution in [0.2, 0.25) is 0 Å². The molecule has 1 aliphatic heterocycles. The molecule has 0 aromatic carbocycles. The van der Waals surface area contributed by atoms with E-state index in [1.807, 2.05) is 0 Å². The molecule has 2 rings (SSSR count). The van der Waals surface area contributed by atoms with Gasteiger partial charge in [0.1, 0.15) is 0 Å². The summed E-state index contributed by atoms with van der Waals surface area (Å²) in [6.07, 6.45) is 5.63.